The van der Waals surface area contributed by atoms with Gasteiger partial charge in [0.25, 0.3) is 5.91 Å². The molecule has 0 atom stereocenters. The molecule has 0 fully saturated rings. The fourth-order valence-electron chi connectivity index (χ4n) is 2.11. The van der Waals surface area contributed by atoms with Crippen LogP contribution in [0.4, 0.5) is 13.2 Å². The average molecular weight is 369 g/mol. The van der Waals surface area contributed by atoms with Crippen molar-refractivity contribution in [3.8, 4) is 17.2 Å². The lowest BCUT2D eigenvalue weighted by Crippen LogP contribution is -2.29. The highest BCUT2D eigenvalue weighted by atomic mass is 19.4. The highest BCUT2D eigenvalue weighted by Crippen LogP contribution is 2.27. The van der Waals surface area contributed by atoms with Crippen molar-refractivity contribution in [2.45, 2.75) is 19.8 Å². The Morgan fingerprint density at radius 3 is 2.15 bits per heavy atom. The first-order valence-corrected chi connectivity index (χ1v) is 7.84. The van der Waals surface area contributed by atoms with Crippen LogP contribution in [0.5, 0.6) is 17.2 Å². The van der Waals surface area contributed by atoms with Crippen molar-refractivity contribution in [3.63, 3.8) is 0 Å². The number of para-hydroxylation sites is 3. The lowest BCUT2D eigenvalue weighted by molar-refractivity contribution is -0.274. The molecule has 5 nitrogen and oxygen atoms in total. The lowest BCUT2D eigenvalue weighted by atomic mass is 10.2. The zero-order chi connectivity index (χ0) is 19.0. The van der Waals surface area contributed by atoms with E-state index in [4.69, 9.17) is 9.47 Å². The Morgan fingerprint density at radius 1 is 0.962 bits per heavy atom. The summed E-state index contributed by atoms with van der Waals surface area (Å²) in [5.74, 6) is 0.0676. The first-order valence-electron chi connectivity index (χ1n) is 7.84. The van der Waals surface area contributed by atoms with Crippen molar-refractivity contribution in [1.82, 2.24) is 5.32 Å². The summed E-state index contributed by atoms with van der Waals surface area (Å²) < 4.78 is 51.9. The molecule has 2 rings (SSSR count). The second-order valence-electron chi connectivity index (χ2n) is 5.10. The zero-order valence-electron chi connectivity index (χ0n) is 14.0. The number of hydrogen-bond acceptors (Lipinski definition) is 4. The first-order chi connectivity index (χ1) is 12.4. The van der Waals surface area contributed by atoms with Crippen LogP contribution in [0.15, 0.2) is 48.5 Å². The minimum absolute atomic E-state index is 0.123. The van der Waals surface area contributed by atoms with E-state index in [2.05, 4.69) is 10.1 Å². The van der Waals surface area contributed by atoms with E-state index in [1.807, 2.05) is 6.92 Å². The number of rotatable bonds is 8. The number of alkyl halides is 3. The van der Waals surface area contributed by atoms with Crippen LogP contribution >= 0.6 is 0 Å². The molecule has 0 saturated heterocycles. The van der Waals surface area contributed by atoms with E-state index in [-0.39, 0.29) is 24.5 Å². The Labute approximate surface area is 148 Å². The van der Waals surface area contributed by atoms with Crippen LogP contribution in [0.3, 0.4) is 0 Å². The maximum absolute atomic E-state index is 12.4. The molecule has 0 unspecified atom stereocenters. The van der Waals surface area contributed by atoms with Crippen LogP contribution in [0.2, 0.25) is 0 Å². The Hall–Kier alpha value is -2.90. The van der Waals surface area contributed by atoms with Gasteiger partial charge < -0.3 is 19.5 Å². The van der Waals surface area contributed by atoms with Crippen molar-refractivity contribution < 1.29 is 32.2 Å². The summed E-state index contributed by atoms with van der Waals surface area (Å²) in [5, 5.41) is 2.49. The molecule has 140 valence electrons. The fraction of sp³-hybridized carbons (Fsp3) is 0.278. The van der Waals surface area contributed by atoms with Gasteiger partial charge in [-0.25, -0.2) is 0 Å². The van der Waals surface area contributed by atoms with Crippen molar-refractivity contribution in [2.75, 3.05) is 13.2 Å². The van der Waals surface area contributed by atoms with E-state index >= 15 is 0 Å². The molecule has 0 aromatic heterocycles. The molecule has 2 aromatic rings. The van der Waals surface area contributed by atoms with Gasteiger partial charge in [0.05, 0.1) is 6.61 Å². The van der Waals surface area contributed by atoms with Gasteiger partial charge in [0.1, 0.15) is 5.75 Å². The van der Waals surface area contributed by atoms with E-state index in [1.54, 1.807) is 30.3 Å². The van der Waals surface area contributed by atoms with Crippen LogP contribution in [0, 0.1) is 0 Å². The molecule has 1 N–H and O–H groups in total. The number of carbonyl (C=O) groups excluding carboxylic acids is 1. The number of hydrogen-bond donors (Lipinski definition) is 1. The Kier molecular flexibility index (Phi) is 6.71. The quantitative estimate of drug-likeness (QED) is 0.771. The Morgan fingerprint density at radius 2 is 1.54 bits per heavy atom. The third-order valence-corrected chi connectivity index (χ3v) is 3.18. The first kappa shape index (κ1) is 19.4. The molecular weight excluding hydrogens is 351 g/mol. The Bertz CT molecular complexity index is 734. The monoisotopic (exact) mass is 369 g/mol. The molecule has 0 saturated carbocycles. The van der Waals surface area contributed by atoms with Crippen LogP contribution < -0.4 is 19.5 Å². The van der Waals surface area contributed by atoms with Gasteiger partial charge in [-0.15, -0.1) is 13.2 Å². The highest BCUT2D eigenvalue weighted by Gasteiger charge is 2.31. The lowest BCUT2D eigenvalue weighted by Gasteiger charge is -2.14. The van der Waals surface area contributed by atoms with Gasteiger partial charge >= 0.3 is 6.36 Å². The summed E-state index contributed by atoms with van der Waals surface area (Å²) in [6.07, 6.45) is -4.80. The van der Waals surface area contributed by atoms with Crippen molar-refractivity contribution >= 4 is 5.91 Å². The molecule has 2 aromatic carbocycles. The van der Waals surface area contributed by atoms with Crippen molar-refractivity contribution in [3.05, 3.63) is 54.1 Å². The molecular formula is C18H18F3NO4. The van der Waals surface area contributed by atoms with Gasteiger partial charge in [0, 0.05) is 12.1 Å². The maximum Gasteiger partial charge on any atom is 0.573 e. The number of benzene rings is 2. The highest BCUT2D eigenvalue weighted by molar-refractivity contribution is 5.77. The second kappa shape index (κ2) is 8.98. The molecule has 0 aliphatic rings. The average Bonchev–Trinajstić information content (AvgIpc) is 2.59. The number of carbonyl (C=O) groups is 1. The van der Waals surface area contributed by atoms with Crippen LogP contribution in [0.1, 0.15) is 12.5 Å². The minimum atomic E-state index is -4.80. The van der Waals surface area contributed by atoms with Gasteiger partial charge in [0.2, 0.25) is 0 Å². The smallest absolute Gasteiger partial charge is 0.490 e. The number of amides is 1. The fourth-order valence-corrected chi connectivity index (χ4v) is 2.11. The summed E-state index contributed by atoms with van der Waals surface area (Å²) in [6.45, 7) is 1.85. The number of ether oxygens (including phenoxy) is 3. The molecule has 26 heavy (non-hydrogen) atoms. The van der Waals surface area contributed by atoms with Crippen LogP contribution in [-0.2, 0) is 11.3 Å². The second-order valence-corrected chi connectivity index (χ2v) is 5.10. The standard InChI is InChI=1S/C18H18F3NO4/c1-2-24-15-9-5-6-10-16(15)25-12-17(23)22-11-13-7-3-4-8-14(13)26-18(19,20)21/h3-10H,2,11-12H2,1H3,(H,22,23). The summed E-state index contributed by atoms with van der Waals surface area (Å²) >= 11 is 0. The molecule has 8 heteroatoms. The number of nitrogens with one attached hydrogen (secondary N) is 1. The molecule has 0 aliphatic carbocycles. The van der Waals surface area contributed by atoms with Crippen LogP contribution in [-0.4, -0.2) is 25.5 Å². The van der Waals surface area contributed by atoms with Gasteiger partial charge in [-0.05, 0) is 25.1 Å². The topological polar surface area (TPSA) is 56.8 Å². The number of halogens is 3. The minimum Gasteiger partial charge on any atom is -0.490 e. The van der Waals surface area contributed by atoms with Crippen molar-refractivity contribution in [2.24, 2.45) is 0 Å². The van der Waals surface area contributed by atoms with Gasteiger partial charge in [-0.2, -0.15) is 0 Å². The zero-order valence-corrected chi connectivity index (χ0v) is 14.0. The van der Waals surface area contributed by atoms with Crippen LogP contribution in [0.25, 0.3) is 0 Å². The molecule has 0 aliphatic heterocycles. The summed E-state index contributed by atoms with van der Waals surface area (Å²) in [5.41, 5.74) is 0.202. The molecule has 1 amide bonds. The van der Waals surface area contributed by atoms with Gasteiger partial charge in [-0.3, -0.25) is 4.79 Å². The van der Waals surface area contributed by atoms with Gasteiger partial charge in [-0.1, -0.05) is 30.3 Å². The SMILES string of the molecule is CCOc1ccccc1OCC(=O)NCc1ccccc1OC(F)(F)F. The summed E-state index contributed by atoms with van der Waals surface area (Å²) in [4.78, 5) is 11.9. The summed E-state index contributed by atoms with van der Waals surface area (Å²) in [7, 11) is 0. The third kappa shape index (κ3) is 6.19. The maximum atomic E-state index is 12.4. The molecule has 0 radical (unpaired) electrons. The largest absolute Gasteiger partial charge is 0.573 e. The normalized spacial score (nSPS) is 10.9. The molecule has 0 bridgehead atoms. The third-order valence-electron chi connectivity index (χ3n) is 3.18. The molecule has 0 spiro atoms. The van der Waals surface area contributed by atoms with E-state index in [0.717, 1.165) is 0 Å². The summed E-state index contributed by atoms with van der Waals surface area (Å²) in [6, 6.07) is 12.5. The van der Waals surface area contributed by atoms with E-state index < -0.39 is 12.3 Å². The molecule has 0 heterocycles. The van der Waals surface area contributed by atoms with E-state index in [0.29, 0.717) is 18.1 Å². The Balaban J connectivity index is 1.90. The van der Waals surface area contributed by atoms with Crippen molar-refractivity contribution in [1.29, 1.82) is 0 Å². The van der Waals surface area contributed by atoms with E-state index in [1.165, 1.54) is 18.2 Å². The van der Waals surface area contributed by atoms with E-state index in [9.17, 15) is 18.0 Å². The predicted octanol–water partition coefficient (Wildman–Crippen LogP) is 3.68. The van der Waals surface area contributed by atoms with Gasteiger partial charge in [0.15, 0.2) is 18.1 Å². The predicted molar refractivity (Wildman–Crippen MR) is 88.1 cm³/mol.